The SMILES string of the molecule is CC(C)NC1=CC(c2ccc(N)c(C(=N)c3cc4c(-c5ccoc5)cccc4[nH]3)c2)=CNC=C1. The maximum absolute atomic E-state index is 8.97. The molecule has 6 N–H and O–H groups in total. The number of furan rings is 1. The monoisotopic (exact) mass is 449 g/mol. The second-order valence-electron chi connectivity index (χ2n) is 8.64. The molecule has 0 unspecified atom stereocenters. The van der Waals surface area contributed by atoms with Gasteiger partial charge in [0.1, 0.15) is 0 Å². The molecule has 0 spiro atoms. The average Bonchev–Trinajstić information content (AvgIpc) is 3.45. The molecule has 0 saturated heterocycles. The highest BCUT2D eigenvalue weighted by atomic mass is 16.3. The predicted molar refractivity (Wildman–Crippen MR) is 139 cm³/mol. The third-order valence-corrected chi connectivity index (χ3v) is 5.79. The minimum Gasteiger partial charge on any atom is -0.472 e. The van der Waals surface area contributed by atoms with E-state index in [2.05, 4.69) is 41.6 Å². The molecule has 0 amide bonds. The van der Waals surface area contributed by atoms with E-state index in [1.807, 2.05) is 60.9 Å². The van der Waals surface area contributed by atoms with Crippen molar-refractivity contribution in [3.05, 3.63) is 108 Å². The van der Waals surface area contributed by atoms with Crippen LogP contribution in [0.1, 0.15) is 30.7 Å². The van der Waals surface area contributed by atoms with Gasteiger partial charge in [0, 0.05) is 51.9 Å². The molecule has 34 heavy (non-hydrogen) atoms. The van der Waals surface area contributed by atoms with Crippen LogP contribution in [-0.4, -0.2) is 16.7 Å². The van der Waals surface area contributed by atoms with Crippen molar-refractivity contribution in [3.63, 3.8) is 0 Å². The van der Waals surface area contributed by atoms with Crippen LogP contribution in [0.2, 0.25) is 0 Å². The van der Waals surface area contributed by atoms with Gasteiger partial charge in [-0.2, -0.15) is 0 Å². The summed E-state index contributed by atoms with van der Waals surface area (Å²) in [7, 11) is 0. The van der Waals surface area contributed by atoms with E-state index in [0.717, 1.165) is 38.9 Å². The molecule has 0 fully saturated rings. The molecular weight excluding hydrogens is 422 g/mol. The van der Waals surface area contributed by atoms with Crippen LogP contribution < -0.4 is 16.4 Å². The Bertz CT molecular complexity index is 1450. The Balaban J connectivity index is 1.52. The maximum Gasteiger partial charge on any atom is 0.0981 e. The van der Waals surface area contributed by atoms with Crippen molar-refractivity contribution in [3.8, 4) is 11.1 Å². The van der Waals surface area contributed by atoms with Gasteiger partial charge in [-0.15, -0.1) is 0 Å². The molecule has 0 radical (unpaired) electrons. The largest absolute Gasteiger partial charge is 0.472 e. The molecule has 6 heteroatoms. The fourth-order valence-corrected chi connectivity index (χ4v) is 4.18. The number of aromatic nitrogens is 1. The van der Waals surface area contributed by atoms with Crippen molar-refractivity contribution < 1.29 is 4.42 Å². The lowest BCUT2D eigenvalue weighted by Gasteiger charge is -2.13. The van der Waals surface area contributed by atoms with Crippen LogP contribution in [0.4, 0.5) is 5.69 Å². The highest BCUT2D eigenvalue weighted by Crippen LogP contribution is 2.31. The Morgan fingerprint density at radius 2 is 1.97 bits per heavy atom. The summed E-state index contributed by atoms with van der Waals surface area (Å²) in [5.74, 6) is 0. The van der Waals surface area contributed by atoms with Crippen molar-refractivity contribution >= 4 is 27.9 Å². The van der Waals surface area contributed by atoms with Crippen molar-refractivity contribution in [1.82, 2.24) is 15.6 Å². The minimum atomic E-state index is 0.319. The zero-order valence-electron chi connectivity index (χ0n) is 19.1. The molecule has 0 bridgehead atoms. The number of aromatic amines is 1. The molecular formula is C28H27N5O. The number of nitrogen functional groups attached to an aromatic ring is 1. The lowest BCUT2D eigenvalue weighted by molar-refractivity contribution is 0.568. The van der Waals surface area contributed by atoms with E-state index in [9.17, 15) is 0 Å². The number of rotatable bonds is 6. The lowest BCUT2D eigenvalue weighted by Crippen LogP contribution is -2.20. The summed E-state index contributed by atoms with van der Waals surface area (Å²) < 4.78 is 5.27. The minimum absolute atomic E-state index is 0.319. The Kier molecular flexibility index (Phi) is 5.55. The van der Waals surface area contributed by atoms with E-state index < -0.39 is 0 Å². The van der Waals surface area contributed by atoms with Gasteiger partial charge >= 0.3 is 0 Å². The highest BCUT2D eigenvalue weighted by Gasteiger charge is 2.16. The fraction of sp³-hybridized carbons (Fsp3) is 0.107. The quantitative estimate of drug-likeness (QED) is 0.191. The molecule has 0 atom stereocenters. The van der Waals surface area contributed by atoms with Crippen LogP contribution in [0.25, 0.3) is 27.6 Å². The summed E-state index contributed by atoms with van der Waals surface area (Å²) in [5.41, 5.74) is 14.7. The normalized spacial score (nSPS) is 13.4. The number of nitrogens with one attached hydrogen (secondary N) is 4. The van der Waals surface area contributed by atoms with Crippen molar-refractivity contribution in [2.24, 2.45) is 0 Å². The first kappa shape index (κ1) is 21.4. The number of fused-ring (bicyclic) bond motifs is 1. The maximum atomic E-state index is 8.97. The van der Waals surface area contributed by atoms with Gasteiger partial charge < -0.3 is 25.8 Å². The predicted octanol–water partition coefficient (Wildman–Crippen LogP) is 5.77. The van der Waals surface area contributed by atoms with Crippen LogP contribution in [0.15, 0.2) is 95.7 Å². The number of hydrogen-bond acceptors (Lipinski definition) is 5. The first-order chi connectivity index (χ1) is 16.5. The van der Waals surface area contributed by atoms with E-state index in [1.54, 1.807) is 12.5 Å². The van der Waals surface area contributed by atoms with Gasteiger partial charge in [0.2, 0.25) is 0 Å². The van der Waals surface area contributed by atoms with Crippen LogP contribution >= 0.6 is 0 Å². The molecule has 3 heterocycles. The summed E-state index contributed by atoms with van der Waals surface area (Å²) in [6.45, 7) is 4.22. The Labute approximate surface area is 198 Å². The third-order valence-electron chi connectivity index (χ3n) is 5.79. The number of hydrogen-bond donors (Lipinski definition) is 5. The summed E-state index contributed by atoms with van der Waals surface area (Å²) in [6.07, 6.45) is 11.3. The molecule has 6 nitrogen and oxygen atoms in total. The lowest BCUT2D eigenvalue weighted by atomic mass is 9.97. The van der Waals surface area contributed by atoms with Gasteiger partial charge in [0.05, 0.1) is 23.9 Å². The summed E-state index contributed by atoms with van der Waals surface area (Å²) in [6, 6.07) is 16.1. The van der Waals surface area contributed by atoms with Gasteiger partial charge in [0.25, 0.3) is 0 Å². The van der Waals surface area contributed by atoms with Gasteiger partial charge in [-0.05, 0) is 73.0 Å². The standard InChI is InChI=1S/C28H27N5O/c1-17(2)32-21-8-10-31-15-20(12-21)18-6-7-25(29)24(13-18)28(30)27-14-23-22(19-9-11-34-16-19)4-3-5-26(23)33-27/h3-17,30-33H,29H2,1-2H3. The second kappa shape index (κ2) is 8.83. The summed E-state index contributed by atoms with van der Waals surface area (Å²) in [5, 5.41) is 16.6. The first-order valence-electron chi connectivity index (χ1n) is 11.2. The first-order valence-corrected chi connectivity index (χ1v) is 11.2. The molecule has 4 aromatic rings. The van der Waals surface area contributed by atoms with Crippen LogP contribution in [0, 0.1) is 5.41 Å². The topological polar surface area (TPSA) is 103 Å². The average molecular weight is 450 g/mol. The zero-order valence-corrected chi connectivity index (χ0v) is 19.1. The molecule has 2 aromatic carbocycles. The number of nitrogens with two attached hydrogens (primary N) is 1. The van der Waals surface area contributed by atoms with E-state index in [1.165, 1.54) is 0 Å². The summed E-state index contributed by atoms with van der Waals surface area (Å²) >= 11 is 0. The Hall–Kier alpha value is -4.45. The van der Waals surface area contributed by atoms with Crippen molar-refractivity contribution in [2.45, 2.75) is 19.9 Å². The zero-order chi connectivity index (χ0) is 23.7. The number of H-pyrrole nitrogens is 1. The molecule has 0 aliphatic carbocycles. The van der Waals surface area contributed by atoms with Gasteiger partial charge in [-0.1, -0.05) is 18.2 Å². The van der Waals surface area contributed by atoms with Crippen molar-refractivity contribution in [1.29, 1.82) is 5.41 Å². The second-order valence-corrected chi connectivity index (χ2v) is 8.64. The van der Waals surface area contributed by atoms with E-state index in [-0.39, 0.29) is 0 Å². The Morgan fingerprint density at radius 1 is 1.09 bits per heavy atom. The number of allylic oxidation sites excluding steroid dienone is 3. The van der Waals surface area contributed by atoms with Crippen molar-refractivity contribution in [2.75, 3.05) is 5.73 Å². The van der Waals surface area contributed by atoms with Crippen LogP contribution in [-0.2, 0) is 0 Å². The smallest absolute Gasteiger partial charge is 0.0981 e. The Morgan fingerprint density at radius 3 is 2.76 bits per heavy atom. The molecule has 170 valence electrons. The van der Waals surface area contributed by atoms with E-state index in [0.29, 0.717) is 28.7 Å². The van der Waals surface area contributed by atoms with E-state index >= 15 is 0 Å². The number of benzene rings is 2. The molecule has 0 saturated carbocycles. The molecule has 1 aliphatic heterocycles. The fourth-order valence-electron chi connectivity index (χ4n) is 4.18. The van der Waals surface area contributed by atoms with Gasteiger partial charge in [-0.3, -0.25) is 5.41 Å². The molecule has 2 aromatic heterocycles. The van der Waals surface area contributed by atoms with Crippen LogP contribution in [0.5, 0.6) is 0 Å². The van der Waals surface area contributed by atoms with Gasteiger partial charge in [-0.25, -0.2) is 0 Å². The van der Waals surface area contributed by atoms with Crippen LogP contribution in [0.3, 0.4) is 0 Å². The molecule has 1 aliphatic rings. The van der Waals surface area contributed by atoms with E-state index in [4.69, 9.17) is 15.6 Å². The highest BCUT2D eigenvalue weighted by molar-refractivity contribution is 6.15. The molecule has 5 rings (SSSR count). The third kappa shape index (κ3) is 4.13. The summed E-state index contributed by atoms with van der Waals surface area (Å²) in [4.78, 5) is 3.39. The van der Waals surface area contributed by atoms with Gasteiger partial charge in [0.15, 0.2) is 0 Å². The number of anilines is 1.